The van der Waals surface area contributed by atoms with Crippen LogP contribution in [0.15, 0.2) is 0 Å². The van der Waals surface area contributed by atoms with Crippen molar-refractivity contribution in [3.05, 3.63) is 0 Å². The normalized spacial score (nSPS) is 13.4. The van der Waals surface area contributed by atoms with Crippen molar-refractivity contribution in [3.63, 3.8) is 0 Å². The molecule has 0 radical (unpaired) electrons. The summed E-state index contributed by atoms with van der Waals surface area (Å²) in [4.78, 5) is 0. The molecule has 0 aromatic carbocycles. The van der Waals surface area contributed by atoms with E-state index >= 15 is 0 Å². The van der Waals surface area contributed by atoms with E-state index in [2.05, 4.69) is 4.74 Å². The second-order valence-corrected chi connectivity index (χ2v) is 2.39. The summed E-state index contributed by atoms with van der Waals surface area (Å²) in [6.45, 7) is -2.02. The Morgan fingerprint density at radius 2 is 1.38 bits per heavy atom. The number of rotatable bonds is 4. The third-order valence-electron chi connectivity index (χ3n) is 1.01. The maximum atomic E-state index is 11.4. The standard InChI is InChI=1S/C6H8F6O/c7-5(8,9)2-1-3-13-4-6(10,11)12/h1-4H2. The Balaban J connectivity index is 3.28. The molecule has 0 aliphatic rings. The van der Waals surface area contributed by atoms with Gasteiger partial charge in [-0.2, -0.15) is 26.3 Å². The molecule has 0 unspecified atom stereocenters. The van der Waals surface area contributed by atoms with Crippen LogP contribution < -0.4 is 0 Å². The summed E-state index contributed by atoms with van der Waals surface area (Å²) in [6, 6.07) is 0. The number of hydrogen-bond donors (Lipinski definition) is 0. The molecule has 0 rings (SSSR count). The number of halogens is 6. The zero-order valence-corrected chi connectivity index (χ0v) is 6.50. The molecular formula is C6H8F6O. The van der Waals surface area contributed by atoms with Crippen LogP contribution in [0.4, 0.5) is 26.3 Å². The Kier molecular flexibility index (Phi) is 4.52. The highest BCUT2D eigenvalue weighted by Crippen LogP contribution is 2.21. The summed E-state index contributed by atoms with van der Waals surface area (Å²) in [6.07, 6.45) is -10.4. The van der Waals surface area contributed by atoms with Crippen molar-refractivity contribution in [3.8, 4) is 0 Å². The lowest BCUT2D eigenvalue weighted by Crippen LogP contribution is -2.18. The minimum atomic E-state index is -4.47. The van der Waals surface area contributed by atoms with E-state index < -0.39 is 38.4 Å². The van der Waals surface area contributed by atoms with Crippen molar-refractivity contribution in [2.24, 2.45) is 0 Å². The highest BCUT2D eigenvalue weighted by molar-refractivity contribution is 4.51. The first-order valence-corrected chi connectivity index (χ1v) is 3.42. The maximum absolute atomic E-state index is 11.4. The molecule has 0 bridgehead atoms. The molecule has 0 atom stereocenters. The van der Waals surface area contributed by atoms with Crippen LogP contribution in [0.25, 0.3) is 0 Å². The van der Waals surface area contributed by atoms with Crippen LogP contribution in [0.3, 0.4) is 0 Å². The van der Waals surface area contributed by atoms with Crippen molar-refractivity contribution in [1.82, 2.24) is 0 Å². The first-order chi connectivity index (χ1) is 5.71. The van der Waals surface area contributed by atoms with E-state index in [1.165, 1.54) is 0 Å². The quantitative estimate of drug-likeness (QED) is 0.512. The molecule has 0 spiro atoms. The van der Waals surface area contributed by atoms with Crippen molar-refractivity contribution in [1.29, 1.82) is 0 Å². The SMILES string of the molecule is FC(F)(F)CCCOCC(F)(F)F. The van der Waals surface area contributed by atoms with Crippen LogP contribution in [0, 0.1) is 0 Å². The van der Waals surface area contributed by atoms with Gasteiger partial charge >= 0.3 is 12.4 Å². The van der Waals surface area contributed by atoms with Gasteiger partial charge in [-0.05, 0) is 6.42 Å². The van der Waals surface area contributed by atoms with Gasteiger partial charge < -0.3 is 4.74 Å². The fourth-order valence-electron chi connectivity index (χ4n) is 0.563. The fourth-order valence-corrected chi connectivity index (χ4v) is 0.563. The lowest BCUT2D eigenvalue weighted by atomic mass is 10.3. The highest BCUT2D eigenvalue weighted by Gasteiger charge is 2.28. The van der Waals surface area contributed by atoms with E-state index in [0.717, 1.165) is 0 Å². The van der Waals surface area contributed by atoms with E-state index in [0.29, 0.717) is 0 Å². The van der Waals surface area contributed by atoms with Crippen LogP contribution in [0.5, 0.6) is 0 Å². The first-order valence-electron chi connectivity index (χ1n) is 3.42. The summed E-state index contributed by atoms with van der Waals surface area (Å²) in [5.74, 6) is 0. The second-order valence-electron chi connectivity index (χ2n) is 2.39. The third-order valence-corrected chi connectivity index (χ3v) is 1.01. The van der Waals surface area contributed by atoms with Crippen LogP contribution in [0.1, 0.15) is 12.8 Å². The van der Waals surface area contributed by atoms with Gasteiger partial charge in [0.05, 0.1) is 0 Å². The number of hydrogen-bond acceptors (Lipinski definition) is 1. The molecule has 0 aliphatic carbocycles. The second kappa shape index (κ2) is 4.69. The van der Waals surface area contributed by atoms with Crippen molar-refractivity contribution >= 4 is 0 Å². The van der Waals surface area contributed by atoms with Gasteiger partial charge in [0.2, 0.25) is 0 Å². The molecule has 0 aromatic rings. The van der Waals surface area contributed by atoms with Gasteiger partial charge in [0.15, 0.2) is 0 Å². The zero-order valence-electron chi connectivity index (χ0n) is 6.50. The van der Waals surface area contributed by atoms with E-state index in [4.69, 9.17) is 0 Å². The molecule has 0 N–H and O–H groups in total. The summed E-state index contributed by atoms with van der Waals surface area (Å²) in [5.41, 5.74) is 0. The average Bonchev–Trinajstić information content (AvgIpc) is 1.81. The Morgan fingerprint density at radius 3 is 1.77 bits per heavy atom. The van der Waals surface area contributed by atoms with Gasteiger partial charge in [0.1, 0.15) is 6.61 Å². The molecule has 0 aromatic heterocycles. The van der Waals surface area contributed by atoms with Crippen LogP contribution >= 0.6 is 0 Å². The minimum absolute atomic E-state index is 0.445. The first kappa shape index (κ1) is 12.5. The molecule has 0 amide bonds. The van der Waals surface area contributed by atoms with Crippen molar-refractivity contribution < 1.29 is 31.1 Å². The molecule has 13 heavy (non-hydrogen) atoms. The van der Waals surface area contributed by atoms with Crippen LogP contribution in [-0.4, -0.2) is 25.6 Å². The minimum Gasteiger partial charge on any atom is -0.372 e. The zero-order chi connectivity index (χ0) is 10.5. The van der Waals surface area contributed by atoms with E-state index in [-0.39, 0.29) is 0 Å². The van der Waals surface area contributed by atoms with Gasteiger partial charge in [-0.1, -0.05) is 0 Å². The Morgan fingerprint density at radius 1 is 0.846 bits per heavy atom. The van der Waals surface area contributed by atoms with Crippen molar-refractivity contribution in [2.45, 2.75) is 25.2 Å². The van der Waals surface area contributed by atoms with E-state index in [1.54, 1.807) is 0 Å². The molecule has 80 valence electrons. The molecule has 0 saturated carbocycles. The summed E-state index contributed by atoms with van der Waals surface area (Å²) < 4.78 is 72.4. The number of ether oxygens (including phenoxy) is 1. The van der Waals surface area contributed by atoms with E-state index in [1.807, 2.05) is 0 Å². The molecule has 0 aliphatic heterocycles. The van der Waals surface area contributed by atoms with Crippen LogP contribution in [-0.2, 0) is 4.74 Å². The fraction of sp³-hybridized carbons (Fsp3) is 1.00. The average molecular weight is 210 g/mol. The van der Waals surface area contributed by atoms with Crippen LogP contribution in [0.2, 0.25) is 0 Å². The lowest BCUT2D eigenvalue weighted by molar-refractivity contribution is -0.177. The lowest BCUT2D eigenvalue weighted by Gasteiger charge is -2.08. The molecule has 1 nitrogen and oxygen atoms in total. The van der Waals surface area contributed by atoms with Gasteiger partial charge in [-0.3, -0.25) is 0 Å². The predicted molar refractivity (Wildman–Crippen MR) is 32.2 cm³/mol. The molecule has 0 saturated heterocycles. The summed E-state index contributed by atoms with van der Waals surface area (Å²) >= 11 is 0. The largest absolute Gasteiger partial charge is 0.411 e. The predicted octanol–water partition coefficient (Wildman–Crippen LogP) is 2.91. The maximum Gasteiger partial charge on any atom is 0.411 e. The van der Waals surface area contributed by atoms with E-state index in [9.17, 15) is 26.3 Å². The highest BCUT2D eigenvalue weighted by atomic mass is 19.4. The summed E-state index contributed by atoms with van der Waals surface area (Å²) in [5, 5.41) is 0. The molecule has 0 fully saturated rings. The van der Waals surface area contributed by atoms with Gasteiger partial charge in [0, 0.05) is 13.0 Å². The topological polar surface area (TPSA) is 9.23 Å². The van der Waals surface area contributed by atoms with Crippen molar-refractivity contribution in [2.75, 3.05) is 13.2 Å². The molecule has 7 heteroatoms. The van der Waals surface area contributed by atoms with Gasteiger partial charge in [0.25, 0.3) is 0 Å². The Labute approximate surface area is 70.7 Å². The Hall–Kier alpha value is -0.460. The van der Waals surface area contributed by atoms with Gasteiger partial charge in [-0.25, -0.2) is 0 Å². The smallest absolute Gasteiger partial charge is 0.372 e. The Bertz CT molecular complexity index is 121. The van der Waals surface area contributed by atoms with Gasteiger partial charge in [-0.15, -0.1) is 0 Å². The molecule has 0 heterocycles. The molecular weight excluding hydrogens is 202 g/mol. The number of alkyl halides is 6. The summed E-state index contributed by atoms with van der Waals surface area (Å²) in [7, 11) is 0. The monoisotopic (exact) mass is 210 g/mol. The third kappa shape index (κ3) is 11.5.